The standard InChI is InChI=1S/C17H28N2O2/c1-11(2)13-15(20)18-14(17(3,4)5)16(21)19(13)12-9-7-6-8-10-12/h6-7,11-14H,8-10H2,1-5H3,(H,18,20). The van der Waals surface area contributed by atoms with E-state index in [2.05, 4.69) is 17.5 Å². The van der Waals surface area contributed by atoms with Crippen LogP contribution in [0, 0.1) is 11.3 Å². The van der Waals surface area contributed by atoms with E-state index >= 15 is 0 Å². The molecule has 2 rings (SSSR count). The molecule has 3 atom stereocenters. The van der Waals surface area contributed by atoms with Crippen LogP contribution < -0.4 is 5.32 Å². The third kappa shape index (κ3) is 3.14. The fraction of sp³-hybridized carbons (Fsp3) is 0.765. The largest absolute Gasteiger partial charge is 0.342 e. The second-order valence-electron chi connectivity index (χ2n) is 7.68. The molecule has 1 aliphatic heterocycles. The summed E-state index contributed by atoms with van der Waals surface area (Å²) in [5.74, 6) is 0.209. The van der Waals surface area contributed by atoms with Crippen molar-refractivity contribution in [2.45, 2.75) is 72.0 Å². The van der Waals surface area contributed by atoms with Crippen molar-refractivity contribution in [2.24, 2.45) is 11.3 Å². The molecule has 0 radical (unpaired) electrons. The van der Waals surface area contributed by atoms with Gasteiger partial charge in [0, 0.05) is 6.04 Å². The highest BCUT2D eigenvalue weighted by molar-refractivity contribution is 5.97. The Morgan fingerprint density at radius 3 is 2.38 bits per heavy atom. The summed E-state index contributed by atoms with van der Waals surface area (Å²) in [6.07, 6.45) is 7.10. The Hall–Kier alpha value is -1.32. The molecule has 0 aromatic carbocycles. The van der Waals surface area contributed by atoms with Crippen molar-refractivity contribution in [3.8, 4) is 0 Å². The molecule has 1 aliphatic carbocycles. The molecule has 1 heterocycles. The molecule has 1 N–H and O–H groups in total. The zero-order chi connectivity index (χ0) is 15.8. The van der Waals surface area contributed by atoms with E-state index in [1.807, 2.05) is 39.5 Å². The number of allylic oxidation sites excluding steroid dienone is 1. The lowest BCUT2D eigenvalue weighted by Gasteiger charge is -2.48. The molecular formula is C17H28N2O2. The molecule has 0 aromatic heterocycles. The van der Waals surface area contributed by atoms with E-state index < -0.39 is 6.04 Å². The fourth-order valence-electron chi connectivity index (χ4n) is 3.35. The highest BCUT2D eigenvalue weighted by atomic mass is 16.2. The van der Waals surface area contributed by atoms with Gasteiger partial charge in [-0.15, -0.1) is 0 Å². The van der Waals surface area contributed by atoms with Gasteiger partial charge in [-0.25, -0.2) is 0 Å². The van der Waals surface area contributed by atoms with E-state index in [1.54, 1.807) is 0 Å². The van der Waals surface area contributed by atoms with Gasteiger partial charge < -0.3 is 10.2 Å². The summed E-state index contributed by atoms with van der Waals surface area (Å²) in [6, 6.07) is -0.607. The van der Waals surface area contributed by atoms with Crippen molar-refractivity contribution in [1.29, 1.82) is 0 Å². The zero-order valence-electron chi connectivity index (χ0n) is 13.8. The summed E-state index contributed by atoms with van der Waals surface area (Å²) in [4.78, 5) is 27.5. The van der Waals surface area contributed by atoms with Crippen LogP contribution in [0.25, 0.3) is 0 Å². The first-order chi connectivity index (χ1) is 9.73. The number of carbonyl (C=O) groups excluding carboxylic acids is 2. The van der Waals surface area contributed by atoms with Crippen molar-refractivity contribution < 1.29 is 9.59 Å². The van der Waals surface area contributed by atoms with Gasteiger partial charge in [-0.2, -0.15) is 0 Å². The first-order valence-electron chi connectivity index (χ1n) is 8.01. The maximum atomic E-state index is 13.0. The molecule has 0 saturated carbocycles. The molecule has 1 fully saturated rings. The minimum Gasteiger partial charge on any atom is -0.342 e. The number of hydrogen-bond donors (Lipinski definition) is 1. The van der Waals surface area contributed by atoms with Gasteiger partial charge in [0.1, 0.15) is 12.1 Å². The highest BCUT2D eigenvalue weighted by Crippen LogP contribution is 2.31. The van der Waals surface area contributed by atoms with Crippen molar-refractivity contribution in [3.05, 3.63) is 12.2 Å². The predicted molar refractivity (Wildman–Crippen MR) is 83.6 cm³/mol. The van der Waals surface area contributed by atoms with E-state index in [0.29, 0.717) is 0 Å². The summed E-state index contributed by atoms with van der Waals surface area (Å²) in [5.41, 5.74) is -0.266. The Labute approximate surface area is 128 Å². The molecule has 0 aromatic rings. The molecule has 118 valence electrons. The molecule has 3 unspecified atom stereocenters. The van der Waals surface area contributed by atoms with Crippen LogP contribution in [-0.2, 0) is 9.59 Å². The van der Waals surface area contributed by atoms with Crippen LogP contribution in [0.15, 0.2) is 12.2 Å². The normalized spacial score (nSPS) is 30.8. The van der Waals surface area contributed by atoms with Gasteiger partial charge in [0.25, 0.3) is 0 Å². The third-order valence-electron chi connectivity index (χ3n) is 4.49. The van der Waals surface area contributed by atoms with Crippen LogP contribution in [-0.4, -0.2) is 34.8 Å². The quantitative estimate of drug-likeness (QED) is 0.795. The van der Waals surface area contributed by atoms with E-state index in [-0.39, 0.29) is 35.2 Å². The lowest BCUT2D eigenvalue weighted by molar-refractivity contribution is -0.157. The average molecular weight is 292 g/mol. The molecule has 4 heteroatoms. The molecule has 2 amide bonds. The molecule has 1 saturated heterocycles. The second kappa shape index (κ2) is 5.82. The summed E-state index contributed by atoms with van der Waals surface area (Å²) < 4.78 is 0. The number of nitrogens with one attached hydrogen (secondary N) is 1. The van der Waals surface area contributed by atoms with Crippen LogP contribution in [0.3, 0.4) is 0 Å². The Bertz CT molecular complexity index is 448. The van der Waals surface area contributed by atoms with Gasteiger partial charge in [-0.1, -0.05) is 46.8 Å². The first kappa shape index (κ1) is 16.1. The lowest BCUT2D eigenvalue weighted by Crippen LogP contribution is -2.69. The van der Waals surface area contributed by atoms with Gasteiger partial charge in [-0.05, 0) is 30.6 Å². The van der Waals surface area contributed by atoms with E-state index in [9.17, 15) is 9.59 Å². The van der Waals surface area contributed by atoms with Crippen molar-refractivity contribution in [1.82, 2.24) is 10.2 Å². The maximum Gasteiger partial charge on any atom is 0.246 e. The van der Waals surface area contributed by atoms with Gasteiger partial charge in [0.05, 0.1) is 0 Å². The first-order valence-corrected chi connectivity index (χ1v) is 8.01. The smallest absolute Gasteiger partial charge is 0.246 e. The average Bonchev–Trinajstić information content (AvgIpc) is 2.39. The number of piperazine rings is 1. The Morgan fingerprint density at radius 1 is 1.24 bits per heavy atom. The summed E-state index contributed by atoms with van der Waals surface area (Å²) in [7, 11) is 0. The van der Waals surface area contributed by atoms with E-state index in [1.165, 1.54) is 0 Å². The monoisotopic (exact) mass is 292 g/mol. The Morgan fingerprint density at radius 2 is 1.90 bits per heavy atom. The Balaban J connectivity index is 2.35. The summed E-state index contributed by atoms with van der Waals surface area (Å²) >= 11 is 0. The highest BCUT2D eigenvalue weighted by Gasteiger charge is 2.48. The van der Waals surface area contributed by atoms with Crippen LogP contribution in [0.1, 0.15) is 53.9 Å². The molecule has 4 nitrogen and oxygen atoms in total. The van der Waals surface area contributed by atoms with Crippen molar-refractivity contribution in [3.63, 3.8) is 0 Å². The molecule has 21 heavy (non-hydrogen) atoms. The van der Waals surface area contributed by atoms with Crippen molar-refractivity contribution >= 4 is 11.8 Å². The van der Waals surface area contributed by atoms with Gasteiger partial charge >= 0.3 is 0 Å². The molecule has 0 bridgehead atoms. The van der Waals surface area contributed by atoms with Crippen molar-refractivity contribution in [2.75, 3.05) is 0 Å². The number of amides is 2. The van der Waals surface area contributed by atoms with Crippen LogP contribution in [0.4, 0.5) is 0 Å². The number of nitrogens with zero attached hydrogens (tertiary/aromatic N) is 1. The fourth-order valence-corrected chi connectivity index (χ4v) is 3.35. The minimum atomic E-state index is -0.425. The van der Waals surface area contributed by atoms with Gasteiger partial charge in [-0.3, -0.25) is 9.59 Å². The zero-order valence-corrected chi connectivity index (χ0v) is 13.8. The minimum absolute atomic E-state index is 0.000854. The lowest BCUT2D eigenvalue weighted by atomic mass is 9.81. The third-order valence-corrected chi connectivity index (χ3v) is 4.49. The number of carbonyl (C=O) groups is 2. The molecule has 0 spiro atoms. The molecule has 2 aliphatic rings. The van der Waals surface area contributed by atoms with Crippen LogP contribution >= 0.6 is 0 Å². The summed E-state index contributed by atoms with van der Waals surface area (Å²) in [5, 5.41) is 2.96. The van der Waals surface area contributed by atoms with Crippen LogP contribution in [0.5, 0.6) is 0 Å². The topological polar surface area (TPSA) is 49.4 Å². The number of hydrogen-bond acceptors (Lipinski definition) is 2. The summed E-state index contributed by atoms with van der Waals surface area (Å²) in [6.45, 7) is 10.0. The molecular weight excluding hydrogens is 264 g/mol. The van der Waals surface area contributed by atoms with E-state index in [0.717, 1.165) is 19.3 Å². The SMILES string of the molecule is CC(C)C1C(=O)NC(C(C)(C)C)C(=O)N1C1CC=CCC1. The van der Waals surface area contributed by atoms with E-state index in [4.69, 9.17) is 0 Å². The van der Waals surface area contributed by atoms with Crippen LogP contribution in [0.2, 0.25) is 0 Å². The Kier molecular flexibility index (Phi) is 4.45. The number of rotatable bonds is 2. The second-order valence-corrected chi connectivity index (χ2v) is 7.68. The van der Waals surface area contributed by atoms with Gasteiger partial charge in [0.15, 0.2) is 0 Å². The maximum absolute atomic E-state index is 13.0. The predicted octanol–water partition coefficient (Wildman–Crippen LogP) is 2.49. The van der Waals surface area contributed by atoms with Gasteiger partial charge in [0.2, 0.25) is 11.8 Å².